The van der Waals surface area contributed by atoms with Crippen molar-refractivity contribution < 1.29 is 19.4 Å². The van der Waals surface area contributed by atoms with Crippen LogP contribution in [-0.4, -0.2) is 29.1 Å². The number of Topliss-reactive ketones (excluding diaryl/α,β-unsaturated/α-hetero) is 1. The first kappa shape index (κ1) is 16.9. The normalized spacial score (nSPS) is 31.2. The maximum Gasteiger partial charge on any atom is 0.334 e. The lowest BCUT2D eigenvalue weighted by Crippen LogP contribution is -2.37. The number of ether oxygens (including phenoxy) is 1. The number of fused-ring (bicyclic) bond motifs is 1. The number of carbonyl (C=O) groups excluding carboxylic acids is 2. The topological polar surface area (TPSA) is 63.6 Å². The van der Waals surface area contributed by atoms with Gasteiger partial charge in [-0.15, -0.1) is 0 Å². The van der Waals surface area contributed by atoms with E-state index in [1.807, 2.05) is 13.8 Å². The standard InChI is InChI=1S/C18H26O4/c1-5-13-16-14(22-18(13)21)9-11(3)15(17(16)20)10(2)7-6-8-12(4)19/h5,10,14,16-17,20H,6-9H2,1-4H3/b13-5+/t10-,14-,16-,17-/m1/s1. The molecule has 0 unspecified atom stereocenters. The second kappa shape index (κ2) is 6.78. The van der Waals surface area contributed by atoms with E-state index in [-0.39, 0.29) is 29.7 Å². The van der Waals surface area contributed by atoms with Crippen LogP contribution in [0.25, 0.3) is 0 Å². The zero-order valence-corrected chi connectivity index (χ0v) is 13.9. The highest BCUT2D eigenvalue weighted by Crippen LogP contribution is 2.44. The Morgan fingerprint density at radius 2 is 2.18 bits per heavy atom. The fourth-order valence-electron chi connectivity index (χ4n) is 3.86. The SMILES string of the molecule is C/C=C1/C(=O)O[C@@H]2CC(C)=C([C@H](C)CCCC(C)=O)[C@@H](O)[C@H]12. The molecule has 0 radical (unpaired) electrons. The Balaban J connectivity index is 2.16. The van der Waals surface area contributed by atoms with E-state index in [1.165, 1.54) is 0 Å². The first-order valence-corrected chi connectivity index (χ1v) is 8.11. The molecule has 122 valence electrons. The number of rotatable bonds is 5. The number of hydrogen-bond acceptors (Lipinski definition) is 4. The van der Waals surface area contributed by atoms with Crippen molar-refractivity contribution in [3.8, 4) is 0 Å². The monoisotopic (exact) mass is 306 g/mol. The molecule has 4 heteroatoms. The first-order valence-electron chi connectivity index (χ1n) is 8.11. The van der Waals surface area contributed by atoms with Crippen molar-refractivity contribution in [3.05, 3.63) is 22.8 Å². The van der Waals surface area contributed by atoms with Crippen LogP contribution in [0.3, 0.4) is 0 Å². The van der Waals surface area contributed by atoms with Gasteiger partial charge in [0.2, 0.25) is 0 Å². The zero-order chi connectivity index (χ0) is 16.4. The van der Waals surface area contributed by atoms with Crippen LogP contribution in [-0.2, 0) is 14.3 Å². The predicted molar refractivity (Wildman–Crippen MR) is 84.1 cm³/mol. The summed E-state index contributed by atoms with van der Waals surface area (Å²) >= 11 is 0. The predicted octanol–water partition coefficient (Wildman–Crippen LogP) is 2.95. The van der Waals surface area contributed by atoms with Crippen LogP contribution in [0, 0.1) is 11.8 Å². The Labute approximate surface area is 132 Å². The van der Waals surface area contributed by atoms with Crippen molar-refractivity contribution in [3.63, 3.8) is 0 Å². The molecule has 4 atom stereocenters. The fraction of sp³-hybridized carbons (Fsp3) is 0.667. The van der Waals surface area contributed by atoms with Crippen LogP contribution in [0.5, 0.6) is 0 Å². The molecular formula is C18H26O4. The Morgan fingerprint density at radius 3 is 2.77 bits per heavy atom. The van der Waals surface area contributed by atoms with Gasteiger partial charge in [-0.05, 0) is 45.1 Å². The van der Waals surface area contributed by atoms with Crippen LogP contribution in [0.1, 0.15) is 53.4 Å². The molecule has 2 aliphatic rings. The number of allylic oxidation sites excluding steroid dienone is 1. The van der Waals surface area contributed by atoms with Crippen LogP contribution in [0.4, 0.5) is 0 Å². The largest absolute Gasteiger partial charge is 0.458 e. The van der Waals surface area contributed by atoms with Crippen LogP contribution >= 0.6 is 0 Å². The Hall–Kier alpha value is -1.42. The Kier molecular flexibility index (Phi) is 5.22. The minimum absolute atomic E-state index is 0.202. The van der Waals surface area contributed by atoms with Gasteiger partial charge < -0.3 is 14.6 Å². The molecule has 2 rings (SSSR count). The molecule has 1 saturated heterocycles. The summed E-state index contributed by atoms with van der Waals surface area (Å²) < 4.78 is 5.40. The van der Waals surface area contributed by atoms with Gasteiger partial charge in [0.25, 0.3) is 0 Å². The summed E-state index contributed by atoms with van der Waals surface area (Å²) in [7, 11) is 0. The molecule has 0 aromatic heterocycles. The van der Waals surface area contributed by atoms with Gasteiger partial charge >= 0.3 is 5.97 Å². The van der Waals surface area contributed by atoms with Crippen LogP contribution in [0.15, 0.2) is 22.8 Å². The smallest absolute Gasteiger partial charge is 0.334 e. The Bertz CT molecular complexity index is 529. The van der Waals surface area contributed by atoms with E-state index >= 15 is 0 Å². The van der Waals surface area contributed by atoms with Crippen molar-refractivity contribution >= 4 is 11.8 Å². The molecule has 1 heterocycles. The van der Waals surface area contributed by atoms with Crippen LogP contribution in [0.2, 0.25) is 0 Å². The molecule has 1 aliphatic heterocycles. The summed E-state index contributed by atoms with van der Waals surface area (Å²) in [5.74, 6) is -0.126. The van der Waals surface area contributed by atoms with Gasteiger partial charge in [0.1, 0.15) is 11.9 Å². The highest BCUT2D eigenvalue weighted by atomic mass is 16.6. The number of hydrogen-bond donors (Lipinski definition) is 1. The van der Waals surface area contributed by atoms with Crippen molar-refractivity contribution in [1.29, 1.82) is 0 Å². The number of aliphatic hydroxyl groups excluding tert-OH is 1. The van der Waals surface area contributed by atoms with Gasteiger partial charge in [0, 0.05) is 18.4 Å². The summed E-state index contributed by atoms with van der Waals surface area (Å²) in [4.78, 5) is 23.0. The van der Waals surface area contributed by atoms with Crippen molar-refractivity contribution in [1.82, 2.24) is 0 Å². The van der Waals surface area contributed by atoms with E-state index in [0.717, 1.165) is 24.0 Å². The van der Waals surface area contributed by atoms with E-state index in [0.29, 0.717) is 18.4 Å². The number of carbonyl (C=O) groups is 2. The van der Waals surface area contributed by atoms with Crippen LogP contribution < -0.4 is 0 Å². The second-order valence-corrected chi connectivity index (χ2v) is 6.59. The maximum atomic E-state index is 11.9. The lowest BCUT2D eigenvalue weighted by Gasteiger charge is -2.35. The van der Waals surface area contributed by atoms with E-state index in [1.54, 1.807) is 13.0 Å². The molecule has 0 aromatic rings. The summed E-state index contributed by atoms with van der Waals surface area (Å²) in [6.45, 7) is 7.52. The van der Waals surface area contributed by atoms with Gasteiger partial charge in [0.15, 0.2) is 0 Å². The zero-order valence-electron chi connectivity index (χ0n) is 13.9. The van der Waals surface area contributed by atoms with Crippen molar-refractivity contribution in [2.45, 2.75) is 65.6 Å². The van der Waals surface area contributed by atoms with Gasteiger partial charge in [0.05, 0.1) is 12.0 Å². The molecule has 22 heavy (non-hydrogen) atoms. The number of ketones is 1. The molecule has 0 amide bonds. The molecular weight excluding hydrogens is 280 g/mol. The molecule has 0 spiro atoms. The lowest BCUT2D eigenvalue weighted by molar-refractivity contribution is -0.139. The highest BCUT2D eigenvalue weighted by Gasteiger charge is 2.48. The first-order chi connectivity index (χ1) is 10.4. The van der Waals surface area contributed by atoms with E-state index in [9.17, 15) is 14.7 Å². The van der Waals surface area contributed by atoms with Gasteiger partial charge in [-0.25, -0.2) is 4.79 Å². The third-order valence-electron chi connectivity index (χ3n) is 4.92. The van der Waals surface area contributed by atoms with Crippen molar-refractivity contribution in [2.75, 3.05) is 0 Å². The minimum atomic E-state index is -0.663. The van der Waals surface area contributed by atoms with Gasteiger partial charge in [-0.2, -0.15) is 0 Å². The van der Waals surface area contributed by atoms with Crippen molar-refractivity contribution in [2.24, 2.45) is 11.8 Å². The minimum Gasteiger partial charge on any atom is -0.458 e. The molecule has 0 aromatic carbocycles. The second-order valence-electron chi connectivity index (χ2n) is 6.59. The summed E-state index contributed by atoms with van der Waals surface area (Å²) in [5.41, 5.74) is 2.75. The third-order valence-corrected chi connectivity index (χ3v) is 4.92. The fourth-order valence-corrected chi connectivity index (χ4v) is 3.86. The Morgan fingerprint density at radius 1 is 1.50 bits per heavy atom. The van der Waals surface area contributed by atoms with E-state index in [4.69, 9.17) is 4.74 Å². The third kappa shape index (κ3) is 3.17. The molecule has 1 aliphatic carbocycles. The van der Waals surface area contributed by atoms with Gasteiger partial charge in [-0.1, -0.05) is 18.6 Å². The number of aliphatic hydroxyl groups is 1. The molecule has 0 bridgehead atoms. The van der Waals surface area contributed by atoms with E-state index < -0.39 is 6.10 Å². The average Bonchev–Trinajstić information content (AvgIpc) is 2.73. The van der Waals surface area contributed by atoms with Gasteiger partial charge in [-0.3, -0.25) is 0 Å². The number of esters is 1. The molecule has 1 N–H and O–H groups in total. The quantitative estimate of drug-likeness (QED) is 0.482. The average molecular weight is 306 g/mol. The summed E-state index contributed by atoms with van der Waals surface area (Å²) in [6.07, 6.45) is 3.85. The molecule has 1 fully saturated rings. The molecule has 4 nitrogen and oxygen atoms in total. The molecule has 0 saturated carbocycles. The van der Waals surface area contributed by atoms with E-state index in [2.05, 4.69) is 6.92 Å². The summed E-state index contributed by atoms with van der Waals surface area (Å²) in [5, 5.41) is 10.8. The highest BCUT2D eigenvalue weighted by molar-refractivity contribution is 5.92. The summed E-state index contributed by atoms with van der Waals surface area (Å²) in [6, 6.07) is 0. The maximum absolute atomic E-state index is 11.9. The lowest BCUT2D eigenvalue weighted by atomic mass is 9.73.